The van der Waals surface area contributed by atoms with Gasteiger partial charge in [0.05, 0.1) is 4.90 Å². The summed E-state index contributed by atoms with van der Waals surface area (Å²) in [5, 5.41) is 2.62. The van der Waals surface area contributed by atoms with Crippen LogP contribution in [0.25, 0.3) is 0 Å². The van der Waals surface area contributed by atoms with Crippen molar-refractivity contribution in [3.8, 4) is 0 Å². The third kappa shape index (κ3) is 5.68. The first-order chi connectivity index (χ1) is 14.1. The van der Waals surface area contributed by atoms with E-state index < -0.39 is 28.5 Å². The minimum absolute atomic E-state index is 0.0690. The van der Waals surface area contributed by atoms with Crippen molar-refractivity contribution in [3.05, 3.63) is 45.1 Å². The average Bonchev–Trinajstić information content (AvgIpc) is 3.11. The zero-order valence-corrected chi connectivity index (χ0v) is 19.6. The molecule has 2 aromatic rings. The fourth-order valence-corrected chi connectivity index (χ4v) is 4.98. The summed E-state index contributed by atoms with van der Waals surface area (Å²) in [6.45, 7) is 5.42. The second-order valence-corrected chi connectivity index (χ2v) is 10.3. The lowest BCUT2D eigenvalue weighted by Gasteiger charge is -2.14. The molecule has 0 aliphatic carbocycles. The maximum Gasteiger partial charge on any atom is 0.348 e. The highest BCUT2D eigenvalue weighted by Crippen LogP contribution is 2.25. The van der Waals surface area contributed by atoms with E-state index in [1.165, 1.54) is 42.4 Å². The van der Waals surface area contributed by atoms with Crippen LogP contribution in [0.2, 0.25) is 0 Å². The van der Waals surface area contributed by atoms with E-state index in [0.717, 1.165) is 29.1 Å². The van der Waals surface area contributed by atoms with Gasteiger partial charge >= 0.3 is 5.97 Å². The Morgan fingerprint density at radius 3 is 2.47 bits per heavy atom. The number of carbonyl (C=O) groups excluding carboxylic acids is 2. The van der Waals surface area contributed by atoms with E-state index in [2.05, 4.69) is 12.2 Å². The molecule has 0 radical (unpaired) electrons. The first-order valence-corrected chi connectivity index (χ1v) is 12.0. The zero-order valence-electron chi connectivity index (χ0n) is 17.9. The molecule has 30 heavy (non-hydrogen) atoms. The van der Waals surface area contributed by atoms with Gasteiger partial charge in [0.25, 0.3) is 5.91 Å². The number of nitrogens with zero attached hydrogens (tertiary/aromatic N) is 1. The smallest absolute Gasteiger partial charge is 0.348 e. The number of esters is 1. The van der Waals surface area contributed by atoms with Gasteiger partial charge in [-0.05, 0) is 49.1 Å². The van der Waals surface area contributed by atoms with Crippen LogP contribution in [0.5, 0.6) is 0 Å². The molecule has 2 rings (SSSR count). The molecule has 0 spiro atoms. The minimum atomic E-state index is -3.62. The number of hydrogen-bond donors (Lipinski definition) is 1. The van der Waals surface area contributed by atoms with E-state index in [4.69, 9.17) is 4.74 Å². The average molecular weight is 453 g/mol. The second kappa shape index (κ2) is 10.2. The molecular formula is C21H28N2O5S2. The van der Waals surface area contributed by atoms with E-state index in [1.807, 2.05) is 13.0 Å². The van der Waals surface area contributed by atoms with Gasteiger partial charge in [0.1, 0.15) is 4.88 Å². The summed E-state index contributed by atoms with van der Waals surface area (Å²) < 4.78 is 30.9. The van der Waals surface area contributed by atoms with Crippen LogP contribution >= 0.6 is 11.3 Å². The molecule has 1 N–H and O–H groups in total. The summed E-state index contributed by atoms with van der Waals surface area (Å²) in [5.74, 6) is -1.07. The largest absolute Gasteiger partial charge is 0.451 e. The van der Waals surface area contributed by atoms with Gasteiger partial charge in [0.15, 0.2) is 6.61 Å². The molecule has 0 saturated carbocycles. The van der Waals surface area contributed by atoms with Gasteiger partial charge in [-0.3, -0.25) is 4.79 Å². The Labute approximate surface area is 182 Å². The van der Waals surface area contributed by atoms with Crippen molar-refractivity contribution < 1.29 is 22.7 Å². The van der Waals surface area contributed by atoms with Crippen LogP contribution in [-0.2, 0) is 32.4 Å². The number of ether oxygens (including phenoxy) is 1. The molecule has 0 bridgehead atoms. The Bertz CT molecular complexity index is 1030. The molecule has 0 fully saturated rings. The van der Waals surface area contributed by atoms with Crippen molar-refractivity contribution in [2.24, 2.45) is 0 Å². The first-order valence-electron chi connectivity index (χ1n) is 9.71. The third-order valence-corrected chi connectivity index (χ3v) is 7.58. The lowest BCUT2D eigenvalue weighted by molar-refractivity contribution is -0.119. The van der Waals surface area contributed by atoms with Crippen LogP contribution in [-0.4, -0.2) is 45.3 Å². The van der Waals surface area contributed by atoms with E-state index in [1.54, 1.807) is 13.0 Å². The molecule has 1 amide bonds. The SMILES string of the molecule is CCCc1sc(C(=O)OCC(=O)Nc2cc(S(=O)(=O)N(C)C)ccc2C)cc1CC. The number of amides is 1. The van der Waals surface area contributed by atoms with E-state index in [-0.39, 0.29) is 4.90 Å². The van der Waals surface area contributed by atoms with Gasteiger partial charge in [-0.2, -0.15) is 0 Å². The number of aryl methyl sites for hydroxylation is 3. The highest BCUT2D eigenvalue weighted by molar-refractivity contribution is 7.89. The lowest BCUT2D eigenvalue weighted by Crippen LogP contribution is -2.23. The Balaban J connectivity index is 2.05. The summed E-state index contributed by atoms with van der Waals surface area (Å²) in [6.07, 6.45) is 2.74. The van der Waals surface area contributed by atoms with Crippen molar-refractivity contribution in [2.45, 2.75) is 44.9 Å². The lowest BCUT2D eigenvalue weighted by atomic mass is 10.1. The van der Waals surface area contributed by atoms with Crippen LogP contribution in [0, 0.1) is 6.92 Å². The van der Waals surface area contributed by atoms with Gasteiger partial charge < -0.3 is 10.1 Å². The molecule has 9 heteroatoms. The van der Waals surface area contributed by atoms with Gasteiger partial charge in [0, 0.05) is 24.7 Å². The highest BCUT2D eigenvalue weighted by Gasteiger charge is 2.20. The molecule has 0 aliphatic heterocycles. The van der Waals surface area contributed by atoms with Crippen LogP contribution in [0.3, 0.4) is 0 Å². The fourth-order valence-electron chi connectivity index (χ4n) is 2.80. The monoisotopic (exact) mass is 452 g/mol. The molecule has 0 unspecified atom stereocenters. The summed E-state index contributed by atoms with van der Waals surface area (Å²) in [5.41, 5.74) is 2.18. The maximum absolute atomic E-state index is 12.3. The molecule has 164 valence electrons. The quantitative estimate of drug-likeness (QED) is 0.587. The van der Waals surface area contributed by atoms with Gasteiger partial charge in [-0.1, -0.05) is 26.3 Å². The summed E-state index contributed by atoms with van der Waals surface area (Å²) in [6, 6.07) is 6.32. The van der Waals surface area contributed by atoms with Crippen molar-refractivity contribution in [2.75, 3.05) is 26.0 Å². The van der Waals surface area contributed by atoms with E-state index in [0.29, 0.717) is 16.1 Å². The number of nitrogens with one attached hydrogen (secondary N) is 1. The zero-order chi connectivity index (χ0) is 22.5. The summed E-state index contributed by atoms with van der Waals surface area (Å²) in [7, 11) is -0.749. The number of thiophene rings is 1. The van der Waals surface area contributed by atoms with Gasteiger partial charge in [-0.25, -0.2) is 17.5 Å². The molecule has 1 heterocycles. The summed E-state index contributed by atoms with van der Waals surface area (Å²) in [4.78, 5) is 26.3. The number of hydrogen-bond acceptors (Lipinski definition) is 6. The van der Waals surface area contributed by atoms with Crippen molar-refractivity contribution in [3.63, 3.8) is 0 Å². The van der Waals surface area contributed by atoms with Gasteiger partial charge in [0.2, 0.25) is 10.0 Å². The third-order valence-electron chi connectivity index (χ3n) is 4.55. The van der Waals surface area contributed by atoms with Crippen molar-refractivity contribution >= 4 is 38.9 Å². The van der Waals surface area contributed by atoms with Crippen LogP contribution in [0.4, 0.5) is 5.69 Å². The predicted molar refractivity (Wildman–Crippen MR) is 119 cm³/mol. The van der Waals surface area contributed by atoms with Crippen LogP contribution in [0.15, 0.2) is 29.2 Å². The first kappa shape index (κ1) is 24.0. The van der Waals surface area contributed by atoms with Gasteiger partial charge in [-0.15, -0.1) is 11.3 Å². The Morgan fingerprint density at radius 2 is 1.87 bits per heavy atom. The Kier molecular flexibility index (Phi) is 8.17. The van der Waals surface area contributed by atoms with E-state index >= 15 is 0 Å². The number of sulfonamides is 1. The van der Waals surface area contributed by atoms with Crippen LogP contribution < -0.4 is 5.32 Å². The Hall–Kier alpha value is -2.23. The number of benzene rings is 1. The molecule has 1 aromatic carbocycles. The standard InChI is InChI=1S/C21H28N2O5S2/c1-6-8-18-15(7-2)11-19(29-18)21(25)28-13-20(24)22-17-12-16(10-9-14(17)3)30(26,27)23(4)5/h9-12H,6-8,13H2,1-5H3,(H,22,24). The number of carbonyl (C=O) groups is 2. The molecule has 0 aliphatic rings. The topological polar surface area (TPSA) is 92.8 Å². The highest BCUT2D eigenvalue weighted by atomic mass is 32.2. The molecule has 1 aromatic heterocycles. The molecule has 7 nitrogen and oxygen atoms in total. The minimum Gasteiger partial charge on any atom is -0.451 e. The van der Waals surface area contributed by atoms with Crippen molar-refractivity contribution in [1.29, 1.82) is 0 Å². The predicted octanol–water partition coefficient (Wildman–Crippen LogP) is 3.62. The fraction of sp³-hybridized carbons (Fsp3) is 0.429. The Morgan fingerprint density at radius 1 is 1.17 bits per heavy atom. The van der Waals surface area contributed by atoms with E-state index in [9.17, 15) is 18.0 Å². The summed E-state index contributed by atoms with van der Waals surface area (Å²) >= 11 is 1.40. The molecule has 0 saturated heterocycles. The van der Waals surface area contributed by atoms with Crippen LogP contribution in [0.1, 0.15) is 45.9 Å². The van der Waals surface area contributed by atoms with Crippen molar-refractivity contribution in [1.82, 2.24) is 4.31 Å². The number of rotatable bonds is 9. The molecular weight excluding hydrogens is 424 g/mol. The normalized spacial score (nSPS) is 11.5. The maximum atomic E-state index is 12.3. The number of anilines is 1. The second-order valence-electron chi connectivity index (χ2n) is 7.05. The molecule has 0 atom stereocenters.